The number of nitrogens with zero attached hydrogens (tertiary/aromatic N) is 1. The van der Waals surface area contributed by atoms with Crippen molar-refractivity contribution >= 4 is 5.78 Å². The molecule has 0 N–H and O–H groups in total. The standard InChI is InChI=1S/C13H15NO3/c1-9(2)17-13-6-5-10(16-4)7-11(13)12(15)8-14-3/h5-7,9H,8H2,1-2,4H3. The van der Waals surface area contributed by atoms with E-state index in [0.29, 0.717) is 17.1 Å². The molecule has 0 unspecified atom stereocenters. The first-order chi connectivity index (χ1) is 8.08. The van der Waals surface area contributed by atoms with Gasteiger partial charge in [-0.3, -0.25) is 4.79 Å². The number of carbonyl (C=O) groups is 1. The minimum absolute atomic E-state index is 0.0251. The third kappa shape index (κ3) is 3.49. The van der Waals surface area contributed by atoms with Gasteiger partial charge in [0.1, 0.15) is 11.5 Å². The van der Waals surface area contributed by atoms with Crippen molar-refractivity contribution in [2.24, 2.45) is 0 Å². The molecule has 0 saturated heterocycles. The van der Waals surface area contributed by atoms with Gasteiger partial charge in [-0.15, -0.1) is 0 Å². The Bertz CT molecular complexity index is 446. The highest BCUT2D eigenvalue weighted by atomic mass is 16.5. The summed E-state index contributed by atoms with van der Waals surface area (Å²) in [5, 5.41) is 0. The average Bonchev–Trinajstić information content (AvgIpc) is 2.29. The molecule has 0 heterocycles. The molecule has 0 aromatic heterocycles. The van der Waals surface area contributed by atoms with E-state index in [2.05, 4.69) is 4.85 Å². The van der Waals surface area contributed by atoms with Gasteiger partial charge in [-0.1, -0.05) is 0 Å². The van der Waals surface area contributed by atoms with Gasteiger partial charge in [0.25, 0.3) is 6.54 Å². The minimum Gasteiger partial charge on any atom is -0.497 e. The SMILES string of the molecule is [C-]#[N+]CC(=O)c1cc(OC)ccc1OC(C)C. The van der Waals surface area contributed by atoms with Crippen LogP contribution in [-0.2, 0) is 0 Å². The van der Waals surface area contributed by atoms with Gasteiger partial charge >= 0.3 is 0 Å². The normalized spacial score (nSPS) is 9.82. The summed E-state index contributed by atoms with van der Waals surface area (Å²) in [5.41, 5.74) is 0.397. The van der Waals surface area contributed by atoms with Gasteiger partial charge in [0, 0.05) is 0 Å². The van der Waals surface area contributed by atoms with Crippen LogP contribution in [0.25, 0.3) is 4.85 Å². The van der Waals surface area contributed by atoms with Crippen LogP contribution < -0.4 is 9.47 Å². The summed E-state index contributed by atoms with van der Waals surface area (Å²) in [7, 11) is 1.53. The van der Waals surface area contributed by atoms with E-state index in [9.17, 15) is 4.79 Å². The number of rotatable bonds is 5. The van der Waals surface area contributed by atoms with E-state index in [4.69, 9.17) is 16.0 Å². The van der Waals surface area contributed by atoms with Crippen LogP contribution in [0, 0.1) is 6.57 Å². The maximum atomic E-state index is 11.8. The summed E-state index contributed by atoms with van der Waals surface area (Å²) in [6.07, 6.45) is -0.0251. The lowest BCUT2D eigenvalue weighted by molar-refractivity contribution is 0.100. The van der Waals surface area contributed by atoms with Gasteiger partial charge in [0.2, 0.25) is 5.78 Å². The second kappa shape index (κ2) is 5.90. The van der Waals surface area contributed by atoms with E-state index in [0.717, 1.165) is 0 Å². The van der Waals surface area contributed by atoms with E-state index < -0.39 is 0 Å². The predicted octanol–water partition coefficient (Wildman–Crippen LogP) is 2.58. The molecule has 0 spiro atoms. The molecule has 1 aromatic rings. The highest BCUT2D eigenvalue weighted by Gasteiger charge is 2.16. The van der Waals surface area contributed by atoms with Crippen molar-refractivity contribution in [3.63, 3.8) is 0 Å². The van der Waals surface area contributed by atoms with Gasteiger partial charge in [-0.2, -0.15) is 0 Å². The zero-order valence-corrected chi connectivity index (χ0v) is 10.2. The van der Waals surface area contributed by atoms with Gasteiger partial charge in [0.05, 0.1) is 18.8 Å². The molecule has 0 aliphatic heterocycles. The lowest BCUT2D eigenvalue weighted by Gasteiger charge is -2.13. The highest BCUT2D eigenvalue weighted by Crippen LogP contribution is 2.25. The zero-order valence-electron chi connectivity index (χ0n) is 10.2. The summed E-state index contributed by atoms with van der Waals surface area (Å²) < 4.78 is 10.6. The van der Waals surface area contributed by atoms with Crippen LogP contribution in [0.15, 0.2) is 18.2 Å². The van der Waals surface area contributed by atoms with E-state index in [-0.39, 0.29) is 18.4 Å². The fourth-order valence-electron chi connectivity index (χ4n) is 1.37. The van der Waals surface area contributed by atoms with E-state index in [1.165, 1.54) is 7.11 Å². The maximum Gasteiger partial charge on any atom is 0.276 e. The summed E-state index contributed by atoms with van der Waals surface area (Å²) in [5.74, 6) is 0.818. The molecule has 0 atom stereocenters. The highest BCUT2D eigenvalue weighted by molar-refractivity contribution is 6.01. The topological polar surface area (TPSA) is 39.9 Å². The Morgan fingerprint density at radius 1 is 1.47 bits per heavy atom. The van der Waals surface area contributed by atoms with Gasteiger partial charge in [-0.05, 0) is 32.0 Å². The minimum atomic E-state index is -0.255. The Labute approximate surface area is 101 Å². The first kappa shape index (κ1) is 13.0. The Balaban J connectivity index is 3.12. The van der Waals surface area contributed by atoms with Crippen molar-refractivity contribution in [1.82, 2.24) is 0 Å². The van der Waals surface area contributed by atoms with Crippen LogP contribution in [0.4, 0.5) is 0 Å². The maximum absolute atomic E-state index is 11.8. The van der Waals surface area contributed by atoms with Crippen molar-refractivity contribution in [3.8, 4) is 11.5 Å². The molecule has 1 rings (SSSR count). The first-order valence-electron chi connectivity index (χ1n) is 5.29. The quantitative estimate of drug-likeness (QED) is 0.579. The lowest BCUT2D eigenvalue weighted by Crippen LogP contribution is -2.11. The summed E-state index contributed by atoms with van der Waals surface area (Å²) in [6, 6.07) is 5.02. The monoisotopic (exact) mass is 233 g/mol. The van der Waals surface area contributed by atoms with E-state index >= 15 is 0 Å². The van der Waals surface area contributed by atoms with Crippen LogP contribution in [0.3, 0.4) is 0 Å². The molecule has 4 heteroatoms. The summed E-state index contributed by atoms with van der Waals surface area (Å²) in [4.78, 5) is 14.9. The van der Waals surface area contributed by atoms with E-state index in [1.54, 1.807) is 18.2 Å². The molecular formula is C13H15NO3. The molecule has 0 fully saturated rings. The van der Waals surface area contributed by atoms with Gasteiger partial charge in [0.15, 0.2) is 0 Å². The van der Waals surface area contributed by atoms with Crippen molar-refractivity contribution in [1.29, 1.82) is 0 Å². The Kier molecular flexibility index (Phi) is 4.53. The Morgan fingerprint density at radius 2 is 2.18 bits per heavy atom. The molecule has 17 heavy (non-hydrogen) atoms. The van der Waals surface area contributed by atoms with Crippen LogP contribution in [0.1, 0.15) is 24.2 Å². The fourth-order valence-corrected chi connectivity index (χ4v) is 1.37. The molecule has 0 aliphatic rings. The second-order valence-corrected chi connectivity index (χ2v) is 3.77. The molecular weight excluding hydrogens is 218 g/mol. The predicted molar refractivity (Wildman–Crippen MR) is 64.6 cm³/mol. The van der Waals surface area contributed by atoms with Crippen molar-refractivity contribution in [3.05, 3.63) is 35.2 Å². The largest absolute Gasteiger partial charge is 0.497 e. The van der Waals surface area contributed by atoms with Crippen LogP contribution in [-0.4, -0.2) is 25.5 Å². The first-order valence-corrected chi connectivity index (χ1v) is 5.29. The number of hydrogen-bond acceptors (Lipinski definition) is 3. The third-order valence-corrected chi connectivity index (χ3v) is 2.07. The lowest BCUT2D eigenvalue weighted by atomic mass is 10.1. The van der Waals surface area contributed by atoms with Crippen LogP contribution in [0.5, 0.6) is 11.5 Å². The third-order valence-electron chi connectivity index (χ3n) is 2.07. The molecule has 0 saturated carbocycles. The molecule has 0 radical (unpaired) electrons. The zero-order chi connectivity index (χ0) is 12.8. The molecule has 0 bridgehead atoms. The number of carbonyl (C=O) groups excluding carboxylic acids is 1. The Hall–Kier alpha value is -2.02. The average molecular weight is 233 g/mol. The molecule has 0 amide bonds. The fraction of sp³-hybridized carbons (Fsp3) is 0.385. The molecule has 90 valence electrons. The summed E-state index contributed by atoms with van der Waals surface area (Å²) in [6.45, 7) is 10.3. The van der Waals surface area contributed by atoms with Gasteiger partial charge < -0.3 is 14.3 Å². The van der Waals surface area contributed by atoms with Crippen molar-refractivity contribution in [2.75, 3.05) is 13.7 Å². The van der Waals surface area contributed by atoms with E-state index in [1.807, 2.05) is 13.8 Å². The Morgan fingerprint density at radius 3 is 2.71 bits per heavy atom. The molecule has 0 aliphatic carbocycles. The summed E-state index contributed by atoms with van der Waals surface area (Å²) >= 11 is 0. The molecule has 1 aromatic carbocycles. The smallest absolute Gasteiger partial charge is 0.276 e. The number of benzene rings is 1. The van der Waals surface area contributed by atoms with Crippen molar-refractivity contribution in [2.45, 2.75) is 20.0 Å². The number of methoxy groups -OCH3 is 1. The number of hydrogen-bond donors (Lipinski definition) is 0. The van der Waals surface area contributed by atoms with Crippen LogP contribution in [0.2, 0.25) is 0 Å². The number of ether oxygens (including phenoxy) is 2. The van der Waals surface area contributed by atoms with Gasteiger partial charge in [-0.25, -0.2) is 6.57 Å². The molecule has 4 nitrogen and oxygen atoms in total. The number of ketones is 1. The number of Topliss-reactive ketones (excluding diaryl/α,β-unsaturated/α-hetero) is 1. The second-order valence-electron chi connectivity index (χ2n) is 3.77. The van der Waals surface area contributed by atoms with Crippen LogP contribution >= 0.6 is 0 Å². The van der Waals surface area contributed by atoms with Crippen molar-refractivity contribution < 1.29 is 14.3 Å².